The molecule has 2 aromatic carbocycles. The highest BCUT2D eigenvalue weighted by atomic mass is 127. The predicted molar refractivity (Wildman–Crippen MR) is 128 cm³/mol. The molecule has 6 heteroatoms. The maximum absolute atomic E-state index is 5.98. The minimum absolute atomic E-state index is 0. The summed E-state index contributed by atoms with van der Waals surface area (Å²) < 4.78 is 5.98. The molecule has 0 heterocycles. The summed E-state index contributed by atoms with van der Waals surface area (Å²) in [5, 5.41) is 6.75. The number of benzene rings is 2. The van der Waals surface area contributed by atoms with Crippen molar-refractivity contribution < 1.29 is 4.74 Å². The van der Waals surface area contributed by atoms with E-state index in [4.69, 9.17) is 4.74 Å². The number of aliphatic imine (C=N–C) groups is 1. The van der Waals surface area contributed by atoms with E-state index in [0.717, 1.165) is 36.3 Å². The molecule has 1 saturated carbocycles. The molecule has 0 aromatic heterocycles. The van der Waals surface area contributed by atoms with Gasteiger partial charge in [-0.25, -0.2) is 0 Å². The summed E-state index contributed by atoms with van der Waals surface area (Å²) in [6.07, 6.45) is 2.60. The highest BCUT2D eigenvalue weighted by molar-refractivity contribution is 14.0. The average molecular weight is 494 g/mol. The first-order valence-electron chi connectivity index (χ1n) is 9.57. The maximum Gasteiger partial charge on any atom is 0.191 e. The quantitative estimate of drug-likeness (QED) is 0.331. The first-order chi connectivity index (χ1) is 13.2. The van der Waals surface area contributed by atoms with Gasteiger partial charge < -0.3 is 20.3 Å². The van der Waals surface area contributed by atoms with E-state index in [1.165, 1.54) is 24.1 Å². The van der Waals surface area contributed by atoms with Crippen LogP contribution in [-0.2, 0) is 13.1 Å². The van der Waals surface area contributed by atoms with Crippen LogP contribution in [0.4, 0.5) is 5.69 Å². The van der Waals surface area contributed by atoms with Crippen molar-refractivity contribution in [1.82, 2.24) is 10.6 Å². The van der Waals surface area contributed by atoms with Crippen LogP contribution in [0.15, 0.2) is 53.5 Å². The minimum Gasteiger partial charge on any atom is -0.493 e. The molecule has 5 nitrogen and oxygen atoms in total. The summed E-state index contributed by atoms with van der Waals surface area (Å²) in [6.45, 7) is 2.24. The number of anilines is 1. The number of halogens is 1. The van der Waals surface area contributed by atoms with Gasteiger partial charge in [0.25, 0.3) is 0 Å². The molecule has 0 spiro atoms. The Morgan fingerprint density at radius 1 is 1.04 bits per heavy atom. The molecule has 0 atom stereocenters. The number of rotatable bonds is 8. The summed E-state index contributed by atoms with van der Waals surface area (Å²) in [4.78, 5) is 6.42. The first kappa shape index (κ1) is 22.3. The Morgan fingerprint density at radius 2 is 1.71 bits per heavy atom. The molecule has 2 aromatic rings. The third kappa shape index (κ3) is 6.89. The molecular formula is C22H31IN4O. The molecule has 3 rings (SSSR count). The van der Waals surface area contributed by atoms with Crippen molar-refractivity contribution >= 4 is 35.6 Å². The van der Waals surface area contributed by atoms with Crippen LogP contribution < -0.4 is 20.3 Å². The van der Waals surface area contributed by atoms with Gasteiger partial charge in [0.15, 0.2) is 5.96 Å². The van der Waals surface area contributed by atoms with Gasteiger partial charge in [0.1, 0.15) is 5.75 Å². The van der Waals surface area contributed by atoms with Crippen LogP contribution in [0.25, 0.3) is 0 Å². The topological polar surface area (TPSA) is 48.9 Å². The van der Waals surface area contributed by atoms with Crippen molar-refractivity contribution in [2.75, 3.05) is 32.6 Å². The van der Waals surface area contributed by atoms with E-state index in [9.17, 15) is 0 Å². The van der Waals surface area contributed by atoms with E-state index in [1.54, 1.807) is 7.05 Å². The van der Waals surface area contributed by atoms with Gasteiger partial charge in [-0.2, -0.15) is 0 Å². The lowest BCUT2D eigenvalue weighted by atomic mass is 10.2. The number of hydrogen-bond donors (Lipinski definition) is 2. The Hall–Kier alpha value is -1.96. The zero-order chi connectivity index (χ0) is 19.1. The van der Waals surface area contributed by atoms with Gasteiger partial charge >= 0.3 is 0 Å². The zero-order valence-corrected chi connectivity index (χ0v) is 19.3. The number of ether oxygens (including phenoxy) is 1. The van der Waals surface area contributed by atoms with Gasteiger partial charge in [-0.15, -0.1) is 24.0 Å². The molecule has 1 aliphatic rings. The third-order valence-electron chi connectivity index (χ3n) is 4.73. The summed E-state index contributed by atoms with van der Waals surface area (Å²) in [7, 11) is 5.89. The SMILES string of the molecule is CN=C(NCc1ccc(N(C)C)cc1)NCc1ccccc1OCC1CC1.I. The smallest absolute Gasteiger partial charge is 0.191 e. The molecule has 0 saturated heterocycles. The summed E-state index contributed by atoms with van der Waals surface area (Å²) >= 11 is 0. The molecule has 2 N–H and O–H groups in total. The Labute approximate surface area is 185 Å². The molecule has 28 heavy (non-hydrogen) atoms. The number of nitrogens with zero attached hydrogens (tertiary/aromatic N) is 2. The van der Waals surface area contributed by atoms with Crippen LogP contribution in [0.5, 0.6) is 5.75 Å². The van der Waals surface area contributed by atoms with E-state index in [2.05, 4.69) is 50.9 Å². The van der Waals surface area contributed by atoms with Crippen LogP contribution in [0.2, 0.25) is 0 Å². The molecule has 0 aliphatic heterocycles. The van der Waals surface area contributed by atoms with Crippen molar-refractivity contribution in [3.05, 3.63) is 59.7 Å². The average Bonchev–Trinajstić information content (AvgIpc) is 3.52. The monoisotopic (exact) mass is 494 g/mol. The summed E-state index contributed by atoms with van der Waals surface area (Å²) in [5.74, 6) is 2.50. The lowest BCUT2D eigenvalue weighted by Crippen LogP contribution is -2.36. The first-order valence-corrected chi connectivity index (χ1v) is 9.57. The van der Waals surface area contributed by atoms with Crippen LogP contribution in [0, 0.1) is 5.92 Å². The molecule has 0 radical (unpaired) electrons. The fraction of sp³-hybridized carbons (Fsp3) is 0.409. The molecular weight excluding hydrogens is 463 g/mol. The molecule has 152 valence electrons. The summed E-state index contributed by atoms with van der Waals surface area (Å²) in [6, 6.07) is 16.7. The predicted octanol–water partition coefficient (Wildman–Crippen LogP) is 4.02. The highest BCUT2D eigenvalue weighted by Gasteiger charge is 2.22. The van der Waals surface area contributed by atoms with Crippen molar-refractivity contribution in [3.63, 3.8) is 0 Å². The van der Waals surface area contributed by atoms with E-state index >= 15 is 0 Å². The van der Waals surface area contributed by atoms with E-state index in [-0.39, 0.29) is 24.0 Å². The van der Waals surface area contributed by atoms with Crippen LogP contribution in [-0.4, -0.2) is 33.7 Å². The lowest BCUT2D eigenvalue weighted by Gasteiger charge is -2.16. The van der Waals surface area contributed by atoms with Gasteiger partial charge in [0.2, 0.25) is 0 Å². The minimum atomic E-state index is 0. The zero-order valence-electron chi connectivity index (χ0n) is 16.9. The molecule has 0 amide bonds. The number of nitrogens with one attached hydrogen (secondary N) is 2. The van der Waals surface area contributed by atoms with Crippen molar-refractivity contribution in [2.24, 2.45) is 10.9 Å². The number of guanidine groups is 1. The normalized spacial score (nSPS) is 13.5. The highest BCUT2D eigenvalue weighted by Crippen LogP contribution is 2.30. The van der Waals surface area contributed by atoms with Crippen LogP contribution in [0.1, 0.15) is 24.0 Å². The third-order valence-corrected chi connectivity index (χ3v) is 4.73. The summed E-state index contributed by atoms with van der Waals surface area (Å²) in [5.41, 5.74) is 3.57. The lowest BCUT2D eigenvalue weighted by molar-refractivity contribution is 0.296. The molecule has 1 fully saturated rings. The van der Waals surface area contributed by atoms with Crippen LogP contribution in [0.3, 0.4) is 0 Å². The second-order valence-electron chi connectivity index (χ2n) is 7.20. The second-order valence-corrected chi connectivity index (χ2v) is 7.20. The van der Waals surface area contributed by atoms with Gasteiger partial charge in [0, 0.05) is 45.5 Å². The second kappa shape index (κ2) is 11.1. The fourth-order valence-electron chi connectivity index (χ4n) is 2.78. The number of para-hydroxylation sites is 1. The standard InChI is InChI=1S/C22H30N4O.HI/c1-23-22(24-14-17-10-12-20(13-11-17)26(2)3)25-15-19-6-4-5-7-21(19)27-16-18-8-9-18;/h4-7,10-13,18H,8-9,14-16H2,1-3H3,(H2,23,24,25);1H. The molecule has 0 unspecified atom stereocenters. The van der Waals surface area contributed by atoms with Crippen molar-refractivity contribution in [3.8, 4) is 5.75 Å². The Bertz CT molecular complexity index is 757. The van der Waals surface area contributed by atoms with Gasteiger partial charge in [-0.1, -0.05) is 30.3 Å². The van der Waals surface area contributed by atoms with E-state index in [0.29, 0.717) is 6.54 Å². The fourth-order valence-corrected chi connectivity index (χ4v) is 2.78. The Morgan fingerprint density at radius 3 is 2.36 bits per heavy atom. The van der Waals surface area contributed by atoms with Gasteiger partial charge in [0.05, 0.1) is 6.61 Å². The molecule has 0 bridgehead atoms. The van der Waals surface area contributed by atoms with Crippen molar-refractivity contribution in [2.45, 2.75) is 25.9 Å². The van der Waals surface area contributed by atoms with Gasteiger partial charge in [-0.3, -0.25) is 4.99 Å². The van der Waals surface area contributed by atoms with E-state index in [1.807, 2.05) is 32.3 Å². The van der Waals surface area contributed by atoms with Gasteiger partial charge in [-0.05, 0) is 42.5 Å². The Balaban J connectivity index is 0.00000280. The van der Waals surface area contributed by atoms with Crippen molar-refractivity contribution in [1.29, 1.82) is 0 Å². The largest absolute Gasteiger partial charge is 0.493 e. The molecule has 1 aliphatic carbocycles. The maximum atomic E-state index is 5.98. The number of hydrogen-bond acceptors (Lipinski definition) is 3. The Kier molecular flexibility index (Phi) is 8.89. The van der Waals surface area contributed by atoms with E-state index < -0.39 is 0 Å². The van der Waals surface area contributed by atoms with Crippen LogP contribution >= 0.6 is 24.0 Å².